The van der Waals surface area contributed by atoms with E-state index in [0.29, 0.717) is 0 Å². The van der Waals surface area contributed by atoms with Gasteiger partial charge in [-0.1, -0.05) is 0 Å². The number of hydrogen-bond acceptors (Lipinski definition) is 5. The monoisotopic (exact) mass is 218 g/mol. The lowest BCUT2D eigenvalue weighted by molar-refractivity contribution is -0.197. The summed E-state index contributed by atoms with van der Waals surface area (Å²) in [6, 6.07) is 0. The highest BCUT2D eigenvalue weighted by atomic mass is 16.8. The molecule has 0 aromatic rings. The summed E-state index contributed by atoms with van der Waals surface area (Å²) in [7, 11) is 0. The molecule has 0 aromatic carbocycles. The smallest absolute Gasteiger partial charge is 0.164 e. The van der Waals surface area contributed by atoms with E-state index in [0.717, 1.165) is 0 Å². The van der Waals surface area contributed by atoms with Crippen LogP contribution in [0.1, 0.15) is 20.8 Å². The number of rotatable bonds is 2. The van der Waals surface area contributed by atoms with Gasteiger partial charge in [-0.05, 0) is 20.8 Å². The highest BCUT2D eigenvalue weighted by molar-refractivity contribution is 4.98. The Balaban J connectivity index is 2.12. The van der Waals surface area contributed by atoms with Gasteiger partial charge < -0.3 is 24.4 Å². The van der Waals surface area contributed by atoms with Crippen LogP contribution in [0.25, 0.3) is 0 Å². The van der Waals surface area contributed by atoms with Gasteiger partial charge in [-0.2, -0.15) is 0 Å². The second-order valence-electron chi connectivity index (χ2n) is 4.62. The van der Waals surface area contributed by atoms with E-state index in [1.54, 1.807) is 0 Å². The lowest BCUT2D eigenvalue weighted by atomic mass is 10.1. The van der Waals surface area contributed by atoms with Gasteiger partial charge in [-0.25, -0.2) is 0 Å². The molecule has 2 aliphatic heterocycles. The van der Waals surface area contributed by atoms with Gasteiger partial charge in [0.15, 0.2) is 5.79 Å². The molecule has 2 heterocycles. The molecule has 2 fully saturated rings. The summed E-state index contributed by atoms with van der Waals surface area (Å²) in [5, 5.41) is 18.5. The molecule has 5 atom stereocenters. The molecule has 0 radical (unpaired) electrons. The summed E-state index contributed by atoms with van der Waals surface area (Å²) in [6.45, 7) is 5.22. The summed E-state index contributed by atoms with van der Waals surface area (Å²) in [5.74, 6) is -0.638. The quantitative estimate of drug-likeness (QED) is 0.663. The van der Waals surface area contributed by atoms with Crippen molar-refractivity contribution >= 4 is 0 Å². The van der Waals surface area contributed by atoms with Crippen LogP contribution < -0.4 is 0 Å². The molecule has 0 saturated carbocycles. The molecule has 2 rings (SSSR count). The third kappa shape index (κ3) is 1.90. The summed E-state index contributed by atoms with van der Waals surface area (Å²) < 4.78 is 16.8. The fourth-order valence-corrected chi connectivity index (χ4v) is 2.25. The fraction of sp³-hybridized carbons (Fsp3) is 1.00. The van der Waals surface area contributed by atoms with Crippen molar-refractivity contribution in [3.8, 4) is 0 Å². The zero-order chi connectivity index (χ0) is 11.2. The van der Waals surface area contributed by atoms with Gasteiger partial charge in [-0.3, -0.25) is 0 Å². The van der Waals surface area contributed by atoms with Gasteiger partial charge in [-0.15, -0.1) is 0 Å². The first kappa shape index (κ1) is 11.3. The van der Waals surface area contributed by atoms with Crippen LogP contribution >= 0.6 is 0 Å². The van der Waals surface area contributed by atoms with Crippen LogP contribution in [0.15, 0.2) is 0 Å². The van der Waals surface area contributed by atoms with Crippen molar-refractivity contribution in [1.29, 1.82) is 0 Å². The molecular weight excluding hydrogens is 200 g/mol. The van der Waals surface area contributed by atoms with Crippen LogP contribution in [0.2, 0.25) is 0 Å². The van der Waals surface area contributed by atoms with Crippen molar-refractivity contribution in [2.45, 2.75) is 57.1 Å². The molecule has 0 bridgehead atoms. The topological polar surface area (TPSA) is 68.2 Å². The zero-order valence-corrected chi connectivity index (χ0v) is 9.21. The van der Waals surface area contributed by atoms with E-state index in [1.807, 2.05) is 20.8 Å². The average molecular weight is 218 g/mol. The van der Waals surface area contributed by atoms with Crippen LogP contribution in [0.4, 0.5) is 0 Å². The van der Waals surface area contributed by atoms with Crippen LogP contribution in [0.5, 0.6) is 0 Å². The molecule has 0 aromatic heterocycles. The highest BCUT2D eigenvalue weighted by Crippen LogP contribution is 2.39. The maximum Gasteiger partial charge on any atom is 0.164 e. The highest BCUT2D eigenvalue weighted by Gasteiger charge is 2.55. The molecule has 88 valence electrons. The summed E-state index contributed by atoms with van der Waals surface area (Å²) >= 11 is 0. The van der Waals surface area contributed by atoms with Crippen molar-refractivity contribution in [1.82, 2.24) is 0 Å². The maximum atomic E-state index is 9.58. The SMILES string of the molecule is CC1O[C@H]([C@H](O)CO)[C@H]2OC(C)(C)O[C@@H]12. The number of aliphatic hydroxyl groups is 2. The van der Waals surface area contributed by atoms with Gasteiger partial charge in [0, 0.05) is 0 Å². The Morgan fingerprint density at radius 3 is 2.47 bits per heavy atom. The first-order valence-electron chi connectivity index (χ1n) is 5.24. The van der Waals surface area contributed by atoms with Crippen molar-refractivity contribution in [2.75, 3.05) is 6.61 Å². The van der Waals surface area contributed by atoms with Crippen molar-refractivity contribution in [3.63, 3.8) is 0 Å². The number of aliphatic hydroxyl groups excluding tert-OH is 2. The van der Waals surface area contributed by atoms with E-state index in [-0.39, 0.29) is 24.9 Å². The summed E-state index contributed by atoms with van der Waals surface area (Å²) in [5.41, 5.74) is 0. The van der Waals surface area contributed by atoms with E-state index < -0.39 is 18.0 Å². The Morgan fingerprint density at radius 1 is 1.27 bits per heavy atom. The molecule has 0 amide bonds. The Bertz CT molecular complexity index is 242. The standard InChI is InChI=1S/C10H18O5/c1-5-7-9(15-10(2,3)14-7)8(13-5)6(12)4-11/h5-9,11-12H,4H2,1-3H3/t5?,6-,7+,8-,9+/m1/s1. The van der Waals surface area contributed by atoms with E-state index in [2.05, 4.69) is 0 Å². The van der Waals surface area contributed by atoms with Crippen molar-refractivity contribution < 1.29 is 24.4 Å². The number of fused-ring (bicyclic) bond motifs is 1. The Labute approximate surface area is 88.9 Å². The molecular formula is C10H18O5. The molecule has 2 N–H and O–H groups in total. The van der Waals surface area contributed by atoms with Crippen LogP contribution in [0, 0.1) is 0 Å². The molecule has 2 saturated heterocycles. The molecule has 2 aliphatic rings. The maximum absolute atomic E-state index is 9.58. The third-order valence-corrected chi connectivity index (χ3v) is 2.89. The van der Waals surface area contributed by atoms with E-state index in [1.165, 1.54) is 0 Å². The predicted octanol–water partition coefficient (Wildman–Crippen LogP) is -0.353. The molecule has 0 aliphatic carbocycles. The predicted molar refractivity (Wildman–Crippen MR) is 51.3 cm³/mol. The van der Waals surface area contributed by atoms with Gasteiger partial charge in [0.2, 0.25) is 0 Å². The summed E-state index contributed by atoms with van der Waals surface area (Å²) in [4.78, 5) is 0. The molecule has 5 nitrogen and oxygen atoms in total. The van der Waals surface area contributed by atoms with Gasteiger partial charge in [0.1, 0.15) is 24.4 Å². The summed E-state index contributed by atoms with van der Waals surface area (Å²) in [6.07, 6.45) is -2.00. The molecule has 1 unspecified atom stereocenters. The minimum atomic E-state index is -0.917. The minimum absolute atomic E-state index is 0.122. The Hall–Kier alpha value is -0.200. The second kappa shape index (κ2) is 3.68. The third-order valence-electron chi connectivity index (χ3n) is 2.89. The molecule has 5 heteroatoms. The number of hydrogen-bond donors (Lipinski definition) is 2. The van der Waals surface area contributed by atoms with Crippen LogP contribution in [-0.4, -0.2) is 53.1 Å². The lowest BCUT2D eigenvalue weighted by Crippen LogP contribution is -2.40. The molecule has 15 heavy (non-hydrogen) atoms. The average Bonchev–Trinajstić information content (AvgIpc) is 2.61. The van der Waals surface area contributed by atoms with E-state index in [4.69, 9.17) is 19.3 Å². The molecule has 0 spiro atoms. The zero-order valence-electron chi connectivity index (χ0n) is 9.21. The largest absolute Gasteiger partial charge is 0.394 e. The van der Waals surface area contributed by atoms with Crippen LogP contribution in [-0.2, 0) is 14.2 Å². The second-order valence-corrected chi connectivity index (χ2v) is 4.62. The first-order valence-corrected chi connectivity index (χ1v) is 5.24. The Kier molecular flexibility index (Phi) is 2.77. The van der Waals surface area contributed by atoms with Crippen molar-refractivity contribution in [2.24, 2.45) is 0 Å². The van der Waals surface area contributed by atoms with Gasteiger partial charge in [0.25, 0.3) is 0 Å². The Morgan fingerprint density at radius 2 is 1.87 bits per heavy atom. The van der Waals surface area contributed by atoms with Gasteiger partial charge in [0.05, 0.1) is 12.7 Å². The number of ether oxygens (including phenoxy) is 3. The first-order chi connectivity index (χ1) is 6.94. The normalized spacial score (nSPS) is 45.4. The minimum Gasteiger partial charge on any atom is -0.394 e. The van der Waals surface area contributed by atoms with E-state index >= 15 is 0 Å². The lowest BCUT2D eigenvalue weighted by Gasteiger charge is -2.24. The van der Waals surface area contributed by atoms with Gasteiger partial charge >= 0.3 is 0 Å². The van der Waals surface area contributed by atoms with Crippen LogP contribution in [0.3, 0.4) is 0 Å². The van der Waals surface area contributed by atoms with E-state index in [9.17, 15) is 5.11 Å². The van der Waals surface area contributed by atoms with Crippen molar-refractivity contribution in [3.05, 3.63) is 0 Å². The fourth-order valence-electron chi connectivity index (χ4n) is 2.25.